The van der Waals surface area contributed by atoms with Crippen molar-refractivity contribution in [2.24, 2.45) is 0 Å². The van der Waals surface area contributed by atoms with Crippen molar-refractivity contribution in [2.75, 3.05) is 7.11 Å². The molecule has 0 bridgehead atoms. The van der Waals surface area contributed by atoms with Crippen LogP contribution < -0.4 is 4.74 Å². The number of hydrogen-bond acceptors (Lipinski definition) is 2. The monoisotopic (exact) mass is 242 g/mol. The van der Waals surface area contributed by atoms with Crippen molar-refractivity contribution in [1.29, 1.82) is 0 Å². The second-order valence-electron chi connectivity index (χ2n) is 3.94. The van der Waals surface area contributed by atoms with E-state index in [4.69, 9.17) is 4.74 Å². The minimum absolute atomic E-state index is 0.121. The van der Waals surface area contributed by atoms with Gasteiger partial charge in [-0.25, -0.2) is 0 Å². The maximum atomic E-state index is 10.6. The lowest BCUT2D eigenvalue weighted by Gasteiger charge is -1.97. The van der Waals surface area contributed by atoms with Crippen LogP contribution in [0, 0.1) is 6.92 Å². The van der Waals surface area contributed by atoms with Crippen LogP contribution in [0.25, 0.3) is 0 Å². The Labute approximate surface area is 108 Å². The molecule has 2 nitrogen and oxygen atoms in total. The first-order valence-corrected chi connectivity index (χ1v) is 5.80. The Morgan fingerprint density at radius 3 is 2.06 bits per heavy atom. The first-order chi connectivity index (χ1) is 8.63. The highest BCUT2D eigenvalue weighted by molar-refractivity contribution is 5.93. The van der Waals surface area contributed by atoms with Crippen LogP contribution in [0.15, 0.2) is 54.6 Å². The van der Waals surface area contributed by atoms with Crippen LogP contribution in [-0.2, 0) is 0 Å². The number of hydrogen-bond donors (Lipinski definition) is 0. The average molecular weight is 242 g/mol. The molecule has 2 aromatic rings. The van der Waals surface area contributed by atoms with Crippen molar-refractivity contribution < 1.29 is 9.53 Å². The van der Waals surface area contributed by atoms with Crippen molar-refractivity contribution in [2.45, 2.75) is 13.8 Å². The third kappa shape index (κ3) is 4.83. The molecule has 0 saturated heterocycles. The van der Waals surface area contributed by atoms with E-state index in [0.717, 1.165) is 11.3 Å². The molecule has 0 atom stereocenters. The molecule has 94 valence electrons. The number of benzene rings is 2. The van der Waals surface area contributed by atoms with Gasteiger partial charge in [-0.15, -0.1) is 0 Å². The molecule has 0 aliphatic heterocycles. The molecule has 0 saturated carbocycles. The maximum absolute atomic E-state index is 10.6. The predicted molar refractivity (Wildman–Crippen MR) is 74.2 cm³/mol. The van der Waals surface area contributed by atoms with Gasteiger partial charge in [0.1, 0.15) is 5.75 Å². The summed E-state index contributed by atoms with van der Waals surface area (Å²) in [5, 5.41) is 0. The Morgan fingerprint density at radius 2 is 1.67 bits per heavy atom. The van der Waals surface area contributed by atoms with Crippen molar-refractivity contribution >= 4 is 5.78 Å². The van der Waals surface area contributed by atoms with E-state index in [1.807, 2.05) is 61.5 Å². The predicted octanol–water partition coefficient (Wildman–Crippen LogP) is 3.89. The molecule has 0 N–H and O–H groups in total. The van der Waals surface area contributed by atoms with Gasteiger partial charge in [0.05, 0.1) is 7.11 Å². The van der Waals surface area contributed by atoms with Crippen LogP contribution in [0.3, 0.4) is 0 Å². The minimum atomic E-state index is 0.121. The van der Waals surface area contributed by atoms with Crippen LogP contribution >= 0.6 is 0 Å². The van der Waals surface area contributed by atoms with Gasteiger partial charge in [0.25, 0.3) is 0 Å². The summed E-state index contributed by atoms with van der Waals surface area (Å²) in [5.41, 5.74) is 2.01. The summed E-state index contributed by atoms with van der Waals surface area (Å²) in [5.74, 6) is 1.05. The van der Waals surface area contributed by atoms with Crippen molar-refractivity contribution in [3.05, 3.63) is 65.7 Å². The molecule has 2 heteroatoms. The molecule has 0 aliphatic rings. The summed E-state index contributed by atoms with van der Waals surface area (Å²) in [7, 11) is 1.68. The number of ether oxygens (including phenoxy) is 1. The van der Waals surface area contributed by atoms with E-state index in [9.17, 15) is 4.79 Å². The Balaban J connectivity index is 0.000000180. The van der Waals surface area contributed by atoms with Gasteiger partial charge in [-0.05, 0) is 31.5 Å². The van der Waals surface area contributed by atoms with Crippen LogP contribution in [0.5, 0.6) is 5.75 Å². The van der Waals surface area contributed by atoms with Crippen LogP contribution in [0.1, 0.15) is 22.8 Å². The van der Waals surface area contributed by atoms with Crippen molar-refractivity contribution in [3.63, 3.8) is 0 Å². The van der Waals surface area contributed by atoms with Crippen molar-refractivity contribution in [3.8, 4) is 5.75 Å². The number of carbonyl (C=O) groups is 1. The van der Waals surface area contributed by atoms with Gasteiger partial charge in [-0.2, -0.15) is 0 Å². The molecule has 0 aliphatic carbocycles. The lowest BCUT2D eigenvalue weighted by molar-refractivity contribution is 0.101. The fraction of sp³-hybridized carbons (Fsp3) is 0.188. The van der Waals surface area contributed by atoms with Crippen LogP contribution in [-0.4, -0.2) is 12.9 Å². The molecule has 0 heterocycles. The molecule has 0 radical (unpaired) electrons. The van der Waals surface area contributed by atoms with E-state index in [1.54, 1.807) is 14.0 Å². The summed E-state index contributed by atoms with van der Waals surface area (Å²) in [6.07, 6.45) is 0. The largest absolute Gasteiger partial charge is 0.497 e. The smallest absolute Gasteiger partial charge is 0.159 e. The molecule has 0 unspecified atom stereocenters. The van der Waals surface area contributed by atoms with E-state index < -0.39 is 0 Å². The molecule has 0 amide bonds. The fourth-order valence-electron chi connectivity index (χ4n) is 1.42. The van der Waals surface area contributed by atoms with Crippen LogP contribution in [0.4, 0.5) is 0 Å². The standard InChI is InChI=1S/C8H10O.C8H8O/c1-7-4-3-5-8(6-7)9-2;1-7(9)8-5-3-2-4-6-8/h3-6H,1-2H3;2-6H,1H3. The Hall–Kier alpha value is -2.09. The highest BCUT2D eigenvalue weighted by Crippen LogP contribution is 2.10. The first-order valence-electron chi connectivity index (χ1n) is 5.80. The molecule has 0 fully saturated rings. The Morgan fingerprint density at radius 1 is 1.00 bits per heavy atom. The number of Topliss-reactive ketones (excluding diaryl/α,β-unsaturated/α-hetero) is 1. The van der Waals surface area contributed by atoms with Crippen LogP contribution in [0.2, 0.25) is 0 Å². The molecular formula is C16H18O2. The molecule has 18 heavy (non-hydrogen) atoms. The number of ketones is 1. The highest BCUT2D eigenvalue weighted by Gasteiger charge is 1.92. The maximum Gasteiger partial charge on any atom is 0.159 e. The first kappa shape index (κ1) is 14.0. The third-order valence-electron chi connectivity index (χ3n) is 2.41. The van der Waals surface area contributed by atoms with Gasteiger partial charge in [0.2, 0.25) is 0 Å². The van der Waals surface area contributed by atoms with Crippen molar-refractivity contribution in [1.82, 2.24) is 0 Å². The summed E-state index contributed by atoms with van der Waals surface area (Å²) < 4.78 is 5.00. The van der Waals surface area contributed by atoms with E-state index in [2.05, 4.69) is 0 Å². The summed E-state index contributed by atoms with van der Waals surface area (Å²) in [6, 6.07) is 17.2. The number of methoxy groups -OCH3 is 1. The molecule has 0 spiro atoms. The topological polar surface area (TPSA) is 26.3 Å². The van der Waals surface area contributed by atoms with Gasteiger partial charge < -0.3 is 4.74 Å². The zero-order chi connectivity index (χ0) is 13.4. The van der Waals surface area contributed by atoms with E-state index >= 15 is 0 Å². The zero-order valence-corrected chi connectivity index (χ0v) is 11.0. The zero-order valence-electron chi connectivity index (χ0n) is 11.0. The normalized spacial score (nSPS) is 9.06. The average Bonchev–Trinajstić information content (AvgIpc) is 2.40. The van der Waals surface area contributed by atoms with E-state index in [-0.39, 0.29) is 5.78 Å². The van der Waals surface area contributed by atoms with Gasteiger partial charge in [0.15, 0.2) is 5.78 Å². The van der Waals surface area contributed by atoms with Gasteiger partial charge >= 0.3 is 0 Å². The molecular weight excluding hydrogens is 224 g/mol. The second-order valence-corrected chi connectivity index (χ2v) is 3.94. The number of carbonyl (C=O) groups excluding carboxylic acids is 1. The molecule has 2 aromatic carbocycles. The van der Waals surface area contributed by atoms with E-state index in [1.165, 1.54) is 5.56 Å². The Bertz CT molecular complexity index is 489. The number of rotatable bonds is 2. The quantitative estimate of drug-likeness (QED) is 0.747. The number of aryl methyl sites for hydroxylation is 1. The SMILES string of the molecule is CC(=O)c1ccccc1.COc1cccc(C)c1. The Kier molecular flexibility index (Phi) is 5.65. The molecule has 0 aromatic heterocycles. The summed E-state index contributed by atoms with van der Waals surface area (Å²) in [6.45, 7) is 3.61. The fourth-order valence-corrected chi connectivity index (χ4v) is 1.42. The molecule has 2 rings (SSSR count). The lowest BCUT2D eigenvalue weighted by atomic mass is 10.2. The summed E-state index contributed by atoms with van der Waals surface area (Å²) >= 11 is 0. The third-order valence-corrected chi connectivity index (χ3v) is 2.41. The van der Waals surface area contributed by atoms with Gasteiger partial charge in [-0.1, -0.05) is 42.5 Å². The van der Waals surface area contributed by atoms with Gasteiger partial charge in [0, 0.05) is 5.56 Å². The van der Waals surface area contributed by atoms with E-state index in [0.29, 0.717) is 0 Å². The highest BCUT2D eigenvalue weighted by atomic mass is 16.5. The minimum Gasteiger partial charge on any atom is -0.497 e. The lowest BCUT2D eigenvalue weighted by Crippen LogP contribution is -1.88. The van der Waals surface area contributed by atoms with Gasteiger partial charge in [-0.3, -0.25) is 4.79 Å². The second kappa shape index (κ2) is 7.28. The summed E-state index contributed by atoms with van der Waals surface area (Å²) in [4.78, 5) is 10.6.